The molecule has 1 saturated carbocycles. The van der Waals surface area contributed by atoms with E-state index >= 15 is 0 Å². The predicted octanol–water partition coefficient (Wildman–Crippen LogP) is 2.46. The molecule has 174 valence electrons. The van der Waals surface area contributed by atoms with Crippen molar-refractivity contribution in [3.05, 3.63) is 88.0 Å². The molecule has 0 saturated heterocycles. The third-order valence-corrected chi connectivity index (χ3v) is 7.70. The zero-order chi connectivity index (χ0) is 23.8. The van der Waals surface area contributed by atoms with Gasteiger partial charge in [0.2, 0.25) is 0 Å². The van der Waals surface area contributed by atoms with Crippen LogP contribution in [0.5, 0.6) is 5.75 Å². The van der Waals surface area contributed by atoms with Crippen molar-refractivity contribution in [1.29, 1.82) is 0 Å². The molecule has 3 aromatic carbocycles. The summed E-state index contributed by atoms with van der Waals surface area (Å²) in [7, 11) is 0. The number of carbonyl (C=O) groups excluding carboxylic acids is 2. The first-order valence-electron chi connectivity index (χ1n) is 12.1. The van der Waals surface area contributed by atoms with E-state index in [1.807, 2.05) is 32.0 Å². The van der Waals surface area contributed by atoms with Gasteiger partial charge in [-0.05, 0) is 90.1 Å². The summed E-state index contributed by atoms with van der Waals surface area (Å²) in [5.74, 6) is 0.689. The van der Waals surface area contributed by atoms with E-state index in [2.05, 4.69) is 12.1 Å². The molecule has 2 aliphatic rings. The number of Topliss-reactive ketones (excluding diaryl/α,β-unsaturated/α-hetero) is 1. The number of benzene rings is 3. The van der Waals surface area contributed by atoms with E-state index < -0.39 is 5.97 Å². The van der Waals surface area contributed by atoms with Gasteiger partial charge in [0.25, 0.3) is 0 Å². The van der Waals surface area contributed by atoms with Gasteiger partial charge >= 0.3 is 51.4 Å². The van der Waals surface area contributed by atoms with Crippen molar-refractivity contribution >= 4 is 11.8 Å². The SMILES string of the molecule is Cc1c(OCc2cccc(-c3ccc(C(=O)[O-])cc3)c2)cc2c(c1C)C(=O)C(C1CCCC1)C2.[K+]. The standard InChI is InChI=1S/C30H30O4.K/c1-18-19(2)28-25(15-26(29(28)31)22-7-3-4-8-22)16-27(18)34-17-20-6-5-9-24(14-20)21-10-12-23(13-11-21)30(32)33;/h5-6,9-14,16,22,26H,3-4,7-8,15,17H2,1-2H3,(H,32,33);/q;+1/p-1. The van der Waals surface area contributed by atoms with Crippen LogP contribution >= 0.6 is 0 Å². The number of ketones is 1. The second-order valence-electron chi connectivity index (χ2n) is 9.73. The number of carboxylic acids is 1. The molecule has 35 heavy (non-hydrogen) atoms. The van der Waals surface area contributed by atoms with E-state index in [9.17, 15) is 14.7 Å². The van der Waals surface area contributed by atoms with Gasteiger partial charge in [-0.3, -0.25) is 4.79 Å². The number of fused-ring (bicyclic) bond motifs is 1. The minimum atomic E-state index is -1.18. The van der Waals surface area contributed by atoms with Crippen molar-refractivity contribution in [3.8, 4) is 16.9 Å². The van der Waals surface area contributed by atoms with Crippen LogP contribution in [0.1, 0.15) is 68.7 Å². The van der Waals surface area contributed by atoms with Crippen LogP contribution in [0.4, 0.5) is 0 Å². The minimum Gasteiger partial charge on any atom is -0.545 e. The fourth-order valence-electron chi connectivity index (χ4n) is 5.66. The molecule has 0 amide bonds. The molecule has 3 aromatic rings. The van der Waals surface area contributed by atoms with Crippen molar-refractivity contribution in [1.82, 2.24) is 0 Å². The van der Waals surface area contributed by atoms with E-state index in [1.165, 1.54) is 25.7 Å². The van der Waals surface area contributed by atoms with Crippen molar-refractivity contribution in [2.75, 3.05) is 0 Å². The van der Waals surface area contributed by atoms with Gasteiger partial charge in [0.05, 0.1) is 5.97 Å². The van der Waals surface area contributed by atoms with E-state index in [0.29, 0.717) is 18.3 Å². The van der Waals surface area contributed by atoms with Gasteiger partial charge in [-0.25, -0.2) is 0 Å². The molecule has 1 fully saturated rings. The molecule has 0 aromatic heterocycles. The Morgan fingerprint density at radius 3 is 2.37 bits per heavy atom. The summed E-state index contributed by atoms with van der Waals surface area (Å²) < 4.78 is 6.27. The van der Waals surface area contributed by atoms with E-state index in [-0.39, 0.29) is 62.9 Å². The zero-order valence-corrected chi connectivity index (χ0v) is 23.8. The molecule has 0 heterocycles. The summed E-state index contributed by atoms with van der Waals surface area (Å²) in [5, 5.41) is 11.0. The molecular weight excluding hydrogens is 463 g/mol. The summed E-state index contributed by atoms with van der Waals surface area (Å²) in [4.78, 5) is 24.2. The number of hydrogen-bond donors (Lipinski definition) is 0. The summed E-state index contributed by atoms with van der Waals surface area (Å²) >= 11 is 0. The molecule has 0 aliphatic heterocycles. The second kappa shape index (κ2) is 11.1. The zero-order valence-electron chi connectivity index (χ0n) is 20.7. The van der Waals surface area contributed by atoms with Gasteiger partial charge in [-0.1, -0.05) is 55.3 Å². The van der Waals surface area contributed by atoms with Crippen LogP contribution in [-0.4, -0.2) is 11.8 Å². The molecule has 1 unspecified atom stereocenters. The number of carbonyl (C=O) groups is 2. The van der Waals surface area contributed by atoms with Gasteiger partial charge in [0.1, 0.15) is 12.4 Å². The van der Waals surface area contributed by atoms with Crippen LogP contribution in [0, 0.1) is 25.7 Å². The molecule has 5 rings (SSSR count). The van der Waals surface area contributed by atoms with Crippen LogP contribution in [0.3, 0.4) is 0 Å². The molecule has 0 N–H and O–H groups in total. The van der Waals surface area contributed by atoms with Gasteiger partial charge in [-0.15, -0.1) is 0 Å². The van der Waals surface area contributed by atoms with Crippen LogP contribution in [0.2, 0.25) is 0 Å². The minimum absolute atomic E-state index is 0. The van der Waals surface area contributed by atoms with Crippen molar-refractivity contribution in [3.63, 3.8) is 0 Å². The smallest absolute Gasteiger partial charge is 0.545 e. The number of hydrogen-bond acceptors (Lipinski definition) is 4. The largest absolute Gasteiger partial charge is 1.00 e. The monoisotopic (exact) mass is 492 g/mol. The van der Waals surface area contributed by atoms with Gasteiger partial charge in [0.15, 0.2) is 5.78 Å². The van der Waals surface area contributed by atoms with Crippen molar-refractivity contribution < 1.29 is 70.8 Å². The Morgan fingerprint density at radius 2 is 1.69 bits per heavy atom. The average molecular weight is 493 g/mol. The third-order valence-electron chi connectivity index (χ3n) is 7.70. The van der Waals surface area contributed by atoms with Gasteiger partial charge < -0.3 is 14.6 Å². The summed E-state index contributed by atoms with van der Waals surface area (Å²) in [6, 6.07) is 16.8. The maximum Gasteiger partial charge on any atom is 1.00 e. The van der Waals surface area contributed by atoms with Crippen LogP contribution < -0.4 is 61.2 Å². The Kier molecular flexibility index (Phi) is 8.34. The van der Waals surface area contributed by atoms with Crippen molar-refractivity contribution in [2.24, 2.45) is 11.8 Å². The number of rotatable bonds is 6. The Hall–Kier alpha value is -1.76. The first-order chi connectivity index (χ1) is 16.4. The van der Waals surface area contributed by atoms with E-state index in [0.717, 1.165) is 51.1 Å². The van der Waals surface area contributed by atoms with Gasteiger partial charge in [-0.2, -0.15) is 0 Å². The molecule has 0 radical (unpaired) electrons. The topological polar surface area (TPSA) is 66.4 Å². The summed E-state index contributed by atoms with van der Waals surface area (Å²) in [6.45, 7) is 4.51. The third kappa shape index (κ3) is 5.35. The number of carboxylic acid groups (broad SMARTS) is 1. The van der Waals surface area contributed by atoms with Gasteiger partial charge in [0, 0.05) is 11.5 Å². The van der Waals surface area contributed by atoms with E-state index in [1.54, 1.807) is 24.3 Å². The first-order valence-corrected chi connectivity index (χ1v) is 12.1. The normalized spacial score (nSPS) is 17.2. The maximum atomic E-state index is 13.2. The first kappa shape index (κ1) is 26.3. The second-order valence-corrected chi connectivity index (χ2v) is 9.73. The molecule has 2 aliphatic carbocycles. The Bertz CT molecular complexity index is 1260. The molecule has 0 spiro atoms. The van der Waals surface area contributed by atoms with Crippen molar-refractivity contribution in [2.45, 2.75) is 52.6 Å². The number of aromatic carboxylic acids is 1. The fraction of sp³-hybridized carbons (Fsp3) is 0.333. The van der Waals surface area contributed by atoms with E-state index in [4.69, 9.17) is 4.74 Å². The molecule has 4 nitrogen and oxygen atoms in total. The molecule has 1 atom stereocenters. The Balaban J connectivity index is 0.00000289. The maximum absolute atomic E-state index is 13.2. The van der Waals surface area contributed by atoms with Crippen LogP contribution in [0.25, 0.3) is 11.1 Å². The Labute approximate surface area is 249 Å². The Morgan fingerprint density at radius 1 is 0.971 bits per heavy atom. The van der Waals surface area contributed by atoms with Crippen LogP contribution in [0.15, 0.2) is 54.6 Å². The molecule has 0 bridgehead atoms. The average Bonchev–Trinajstić information content (AvgIpc) is 3.49. The number of ether oxygens (including phenoxy) is 1. The summed E-state index contributed by atoms with van der Waals surface area (Å²) in [5.41, 5.74) is 7.29. The summed E-state index contributed by atoms with van der Waals surface area (Å²) in [6.07, 6.45) is 5.69. The van der Waals surface area contributed by atoms with Crippen LogP contribution in [-0.2, 0) is 13.0 Å². The molecular formula is C30H29KO4. The molecule has 5 heteroatoms. The quantitative estimate of drug-likeness (QED) is 0.496. The fourth-order valence-corrected chi connectivity index (χ4v) is 5.66. The predicted molar refractivity (Wildman–Crippen MR) is 130 cm³/mol.